The fourth-order valence-corrected chi connectivity index (χ4v) is 7.27. The van der Waals surface area contributed by atoms with Crippen molar-refractivity contribution in [3.05, 3.63) is 111 Å². The molecule has 0 fully saturated rings. The first kappa shape index (κ1) is 27.4. The number of nitrogens with zero attached hydrogens (tertiary/aromatic N) is 4. The molecule has 5 aromatic rings. The lowest BCUT2D eigenvalue weighted by Crippen LogP contribution is -2.31. The molecular weight excluding hydrogens is 604 g/mol. The van der Waals surface area contributed by atoms with Crippen LogP contribution in [-0.2, 0) is 22.4 Å². The first-order valence-electron chi connectivity index (χ1n) is 13.2. The number of hydrogen-bond acceptors (Lipinski definition) is 7. The van der Waals surface area contributed by atoms with Gasteiger partial charge in [0.15, 0.2) is 0 Å². The zero-order valence-electron chi connectivity index (χ0n) is 22.2. The average Bonchev–Trinajstić information content (AvgIpc) is 3.67. The Morgan fingerprint density at radius 3 is 2.66 bits per heavy atom. The number of thioether (sulfide) groups is 1. The Bertz CT molecular complexity index is 1800. The van der Waals surface area contributed by atoms with Crippen LogP contribution in [0.3, 0.4) is 0 Å². The highest BCUT2D eigenvalue weighted by molar-refractivity contribution is 9.10. The van der Waals surface area contributed by atoms with E-state index >= 15 is 0 Å². The Morgan fingerprint density at radius 1 is 1.12 bits per heavy atom. The van der Waals surface area contributed by atoms with Gasteiger partial charge in [0.2, 0.25) is 0 Å². The molecule has 208 valence electrons. The monoisotopic (exact) mass is 630 g/mol. The van der Waals surface area contributed by atoms with Gasteiger partial charge in [0, 0.05) is 17.7 Å². The molecule has 0 bridgehead atoms. The lowest BCUT2D eigenvalue weighted by atomic mass is 9.95. The van der Waals surface area contributed by atoms with Gasteiger partial charge in [-0.1, -0.05) is 78.0 Å². The Kier molecular flexibility index (Phi) is 7.79. The number of carbonyl (C=O) groups excluding carboxylic acids is 1. The van der Waals surface area contributed by atoms with Crippen LogP contribution in [0, 0.1) is 0 Å². The van der Waals surface area contributed by atoms with Gasteiger partial charge in [-0.3, -0.25) is 9.36 Å². The third-order valence-corrected chi connectivity index (χ3v) is 9.46. The Hall–Kier alpha value is -3.73. The second kappa shape index (κ2) is 11.6. The third kappa shape index (κ3) is 5.11. The molecule has 1 aliphatic rings. The van der Waals surface area contributed by atoms with Crippen molar-refractivity contribution in [1.82, 2.24) is 19.6 Å². The van der Waals surface area contributed by atoms with Gasteiger partial charge in [0.05, 0.1) is 35.5 Å². The highest BCUT2D eigenvalue weighted by Crippen LogP contribution is 2.43. The van der Waals surface area contributed by atoms with Gasteiger partial charge in [-0.05, 0) is 49.8 Å². The Morgan fingerprint density at radius 2 is 1.88 bits per heavy atom. The van der Waals surface area contributed by atoms with Gasteiger partial charge >= 0.3 is 5.97 Å². The molecule has 2 atom stereocenters. The van der Waals surface area contributed by atoms with Gasteiger partial charge in [0.1, 0.15) is 11.7 Å². The predicted octanol–water partition coefficient (Wildman–Crippen LogP) is 5.21. The summed E-state index contributed by atoms with van der Waals surface area (Å²) in [6.07, 6.45) is 2.86. The van der Waals surface area contributed by atoms with Gasteiger partial charge in [-0.2, -0.15) is 0 Å². The minimum absolute atomic E-state index is 0.115. The summed E-state index contributed by atoms with van der Waals surface area (Å²) in [5.74, 6) is -0.0922. The van der Waals surface area contributed by atoms with Crippen LogP contribution in [0.5, 0.6) is 0 Å². The molecule has 1 N–H and O–H groups in total. The molecule has 0 saturated heterocycles. The van der Waals surface area contributed by atoms with Crippen molar-refractivity contribution in [3.8, 4) is 11.3 Å². The zero-order chi connectivity index (χ0) is 28.5. The zero-order valence-corrected chi connectivity index (χ0v) is 24.6. The van der Waals surface area contributed by atoms with E-state index in [0.717, 1.165) is 33.0 Å². The summed E-state index contributed by atoms with van der Waals surface area (Å²) in [5.41, 5.74) is 3.92. The molecule has 3 heterocycles. The molecule has 0 radical (unpaired) electrons. The molecule has 0 unspecified atom stereocenters. The second-order valence-corrected chi connectivity index (χ2v) is 11.7. The summed E-state index contributed by atoms with van der Waals surface area (Å²) in [6.45, 7) is -0.115. The summed E-state index contributed by atoms with van der Waals surface area (Å²) < 4.78 is 8.59. The number of benzene rings is 3. The minimum Gasteiger partial charge on any atom is -0.467 e. The first-order chi connectivity index (χ1) is 20.0. The molecule has 41 heavy (non-hydrogen) atoms. The number of carbonyl (C=O) groups is 1. The van der Waals surface area contributed by atoms with Crippen LogP contribution < -0.4 is 5.56 Å². The van der Waals surface area contributed by atoms with Crippen LogP contribution in [0.15, 0.2) is 93.3 Å². The molecule has 0 spiro atoms. The smallest absolute Gasteiger partial charge is 0.329 e. The number of methoxy groups -OCH3 is 1. The number of aromatic nitrogens is 4. The molecule has 6 rings (SSSR count). The van der Waals surface area contributed by atoms with E-state index in [2.05, 4.69) is 50.5 Å². The van der Waals surface area contributed by atoms with E-state index in [4.69, 9.17) is 4.74 Å². The highest BCUT2D eigenvalue weighted by Gasteiger charge is 2.36. The molecule has 8 nitrogen and oxygen atoms in total. The van der Waals surface area contributed by atoms with E-state index in [-0.39, 0.29) is 18.2 Å². The largest absolute Gasteiger partial charge is 0.467 e. The van der Waals surface area contributed by atoms with Crippen molar-refractivity contribution in [2.24, 2.45) is 0 Å². The van der Waals surface area contributed by atoms with Gasteiger partial charge in [0.25, 0.3) is 5.56 Å². The van der Waals surface area contributed by atoms with Gasteiger partial charge < -0.3 is 9.84 Å². The van der Waals surface area contributed by atoms with E-state index in [9.17, 15) is 14.7 Å². The molecule has 0 saturated carbocycles. The third-order valence-electron chi connectivity index (χ3n) is 7.48. The van der Waals surface area contributed by atoms with Crippen LogP contribution in [0.1, 0.15) is 28.8 Å². The molecular formula is C31H27BrN4O4S. The summed E-state index contributed by atoms with van der Waals surface area (Å²) in [7, 11) is 1.33. The predicted molar refractivity (Wildman–Crippen MR) is 162 cm³/mol. The van der Waals surface area contributed by atoms with Crippen LogP contribution in [0.25, 0.3) is 22.0 Å². The van der Waals surface area contributed by atoms with Crippen LogP contribution >= 0.6 is 27.7 Å². The van der Waals surface area contributed by atoms with E-state index < -0.39 is 12.0 Å². The fraction of sp³-hybridized carbons (Fsp3) is 0.226. The topological polar surface area (TPSA) is 99.2 Å². The molecule has 0 amide bonds. The van der Waals surface area contributed by atoms with E-state index in [1.54, 1.807) is 4.68 Å². The number of pyridine rings is 1. The maximum Gasteiger partial charge on any atom is 0.329 e. The molecule has 3 aromatic carbocycles. The lowest BCUT2D eigenvalue weighted by molar-refractivity contribution is -0.143. The number of fused-ring (bicyclic) bond motifs is 2. The van der Waals surface area contributed by atoms with Crippen LogP contribution in [0.2, 0.25) is 0 Å². The average molecular weight is 632 g/mol. The van der Waals surface area contributed by atoms with Crippen molar-refractivity contribution >= 4 is 44.4 Å². The number of hydrogen-bond donors (Lipinski definition) is 1. The van der Waals surface area contributed by atoms with E-state index in [1.165, 1.54) is 23.4 Å². The molecule has 0 aliphatic carbocycles. The molecule has 2 aromatic heterocycles. The van der Waals surface area contributed by atoms with Crippen LogP contribution in [-0.4, -0.2) is 50.1 Å². The summed E-state index contributed by atoms with van der Waals surface area (Å²) in [4.78, 5) is 26.4. The minimum atomic E-state index is -0.743. The van der Waals surface area contributed by atoms with Gasteiger partial charge in [-0.15, -0.1) is 16.9 Å². The number of ether oxygens (including phenoxy) is 1. The Labute approximate surface area is 249 Å². The van der Waals surface area contributed by atoms with Crippen molar-refractivity contribution in [2.45, 2.75) is 30.0 Å². The number of aliphatic hydroxyl groups excluding tert-OH is 1. The lowest BCUT2D eigenvalue weighted by Gasteiger charge is -2.18. The van der Waals surface area contributed by atoms with Crippen molar-refractivity contribution < 1.29 is 14.6 Å². The summed E-state index contributed by atoms with van der Waals surface area (Å²) in [6, 6.07) is 23.1. The van der Waals surface area contributed by atoms with Crippen LogP contribution in [0.4, 0.5) is 0 Å². The SMILES string of the molecule is COC(=O)[C@@H]1CSc2c(-c3cn([C@H](CO)Cc4ccccc4)nn3)c(Cc3cccc4ccccc34)c(Br)c(=O)n21. The molecule has 1 aliphatic heterocycles. The van der Waals surface area contributed by atoms with E-state index in [1.807, 2.05) is 54.7 Å². The number of aliphatic hydroxyl groups is 1. The molecule has 10 heteroatoms. The maximum absolute atomic E-state index is 13.7. The Balaban J connectivity index is 1.50. The van der Waals surface area contributed by atoms with Crippen molar-refractivity contribution in [3.63, 3.8) is 0 Å². The standard InChI is InChI=1S/C31H27BrN4O4S/c1-40-31(39)26-18-41-30-27(25-16-35(34-33-25)22(17-37)14-19-8-3-2-4-9-19)24(28(32)29(38)36(26)30)15-21-12-7-11-20-10-5-6-13-23(20)21/h2-13,16,22,26,37H,14-15,17-18H2,1H3/t22-,26-/m0/s1. The highest BCUT2D eigenvalue weighted by atomic mass is 79.9. The number of halogens is 1. The van der Waals surface area contributed by atoms with Gasteiger partial charge in [-0.25, -0.2) is 9.48 Å². The number of esters is 1. The first-order valence-corrected chi connectivity index (χ1v) is 15.0. The maximum atomic E-state index is 13.7. The summed E-state index contributed by atoms with van der Waals surface area (Å²) >= 11 is 5.04. The van der Waals surface area contributed by atoms with E-state index in [0.29, 0.717) is 33.8 Å². The second-order valence-electron chi connectivity index (χ2n) is 9.92. The normalized spacial score (nSPS) is 15.1. The fourth-order valence-electron chi connectivity index (χ4n) is 5.42. The van der Waals surface area contributed by atoms with Crippen molar-refractivity contribution in [2.75, 3.05) is 19.5 Å². The summed E-state index contributed by atoms with van der Waals surface area (Å²) in [5, 5.41) is 22.0. The number of rotatable bonds is 8. The quantitative estimate of drug-likeness (QED) is 0.235. The van der Waals surface area contributed by atoms with Crippen molar-refractivity contribution in [1.29, 1.82) is 0 Å².